The van der Waals surface area contributed by atoms with E-state index in [2.05, 4.69) is 54.3 Å². The maximum Gasteiger partial charge on any atom is 0.335 e. The zero-order valence-corrected chi connectivity index (χ0v) is 42.7. The molecule has 70 heavy (non-hydrogen) atoms. The van der Waals surface area contributed by atoms with Crippen LogP contribution in [0.3, 0.4) is 0 Å². The van der Waals surface area contributed by atoms with Gasteiger partial charge in [0.05, 0.1) is 25.5 Å². The number of hydrogen-bond acceptors (Lipinski definition) is 6. The number of ether oxygens (including phenoxy) is 4. The number of hydrogen-bond donors (Lipinski definition) is 2. The molecule has 0 bridgehead atoms. The van der Waals surface area contributed by atoms with Gasteiger partial charge in [0.15, 0.2) is 0 Å². The van der Waals surface area contributed by atoms with Crippen molar-refractivity contribution in [2.24, 2.45) is 0 Å². The predicted molar refractivity (Wildman–Crippen MR) is 289 cm³/mol. The highest BCUT2D eigenvalue weighted by atomic mass is 35.5. The summed E-state index contributed by atoms with van der Waals surface area (Å²) >= 11 is 12.1. The first-order valence-corrected chi connectivity index (χ1v) is 27.6. The second-order valence-electron chi connectivity index (χ2n) is 18.0. The number of methoxy groups -OCH3 is 2. The van der Waals surface area contributed by atoms with Gasteiger partial charge >= 0.3 is 5.97 Å². The lowest BCUT2D eigenvalue weighted by Gasteiger charge is -2.24. The van der Waals surface area contributed by atoms with Crippen LogP contribution in [0.15, 0.2) is 152 Å². The molecule has 2 N–H and O–H groups in total. The predicted octanol–water partition coefficient (Wildman–Crippen LogP) is 15.3. The average molecular weight is 987 g/mol. The van der Waals surface area contributed by atoms with Gasteiger partial charge < -0.3 is 29.4 Å². The van der Waals surface area contributed by atoms with E-state index < -0.39 is 14.0 Å². The van der Waals surface area contributed by atoms with E-state index in [0.717, 1.165) is 85.3 Å². The minimum absolute atomic E-state index is 0.225. The van der Waals surface area contributed by atoms with Crippen molar-refractivity contribution in [3.05, 3.63) is 195 Å². The van der Waals surface area contributed by atoms with Gasteiger partial charge in [0, 0.05) is 43.9 Å². The SMILES string of the molecule is COc1ccc(-c2ccc(Cl)cc2)c(COc2ccc(C#C[Si](C)(C)C)cc2)c1.COc1ccc(-c2ccc(Cl)cc2)c(COc2ccc(C#Cc3cc(C(=O)O)ccc3NC3CCCCC3)cc2)c1. The van der Waals surface area contributed by atoms with Crippen molar-refractivity contribution in [1.82, 2.24) is 0 Å². The summed E-state index contributed by atoms with van der Waals surface area (Å²) in [5, 5.41) is 14.5. The highest BCUT2D eigenvalue weighted by molar-refractivity contribution is 6.83. The second-order valence-corrected chi connectivity index (χ2v) is 23.6. The molecule has 1 aliphatic carbocycles. The molecule has 8 rings (SSSR count). The van der Waals surface area contributed by atoms with E-state index in [0.29, 0.717) is 35.6 Å². The molecule has 0 amide bonds. The molecular weight excluding hydrogens is 930 g/mol. The molecule has 1 fully saturated rings. The Labute approximate surface area is 423 Å². The van der Waals surface area contributed by atoms with Crippen LogP contribution in [0.2, 0.25) is 29.7 Å². The number of carbonyl (C=O) groups is 1. The lowest BCUT2D eigenvalue weighted by atomic mass is 9.95. The van der Waals surface area contributed by atoms with Crippen LogP contribution >= 0.6 is 23.2 Å². The third-order valence-corrected chi connectivity index (χ3v) is 13.0. The average Bonchev–Trinajstić information content (AvgIpc) is 3.37. The number of anilines is 1. The summed E-state index contributed by atoms with van der Waals surface area (Å²) < 4.78 is 23.0. The van der Waals surface area contributed by atoms with Gasteiger partial charge in [0.2, 0.25) is 0 Å². The first-order chi connectivity index (χ1) is 33.8. The number of benzene rings is 7. The molecule has 0 spiro atoms. The lowest BCUT2D eigenvalue weighted by Crippen LogP contribution is -2.22. The van der Waals surface area contributed by atoms with Gasteiger partial charge in [-0.1, -0.05) is 116 Å². The Balaban J connectivity index is 0.000000219. The minimum Gasteiger partial charge on any atom is -0.497 e. The topological polar surface area (TPSA) is 86.2 Å². The smallest absolute Gasteiger partial charge is 0.335 e. The quantitative estimate of drug-likeness (QED) is 0.0879. The van der Waals surface area contributed by atoms with E-state index >= 15 is 0 Å². The number of carboxylic acids is 1. The largest absolute Gasteiger partial charge is 0.497 e. The Bertz CT molecular complexity index is 2990. The minimum atomic E-state index is -1.38. The fourth-order valence-corrected chi connectivity index (χ4v) is 8.59. The van der Waals surface area contributed by atoms with Gasteiger partial charge in [0.25, 0.3) is 0 Å². The fourth-order valence-electron chi connectivity index (χ4n) is 7.82. The van der Waals surface area contributed by atoms with Gasteiger partial charge in [0.1, 0.15) is 44.3 Å². The second kappa shape index (κ2) is 24.5. The van der Waals surface area contributed by atoms with Crippen molar-refractivity contribution in [1.29, 1.82) is 0 Å². The van der Waals surface area contributed by atoms with Crippen molar-refractivity contribution in [3.8, 4) is 68.6 Å². The van der Waals surface area contributed by atoms with Gasteiger partial charge in [-0.2, -0.15) is 0 Å². The van der Waals surface area contributed by atoms with Gasteiger partial charge in [-0.25, -0.2) is 4.79 Å². The van der Waals surface area contributed by atoms with Crippen LogP contribution in [0, 0.1) is 23.3 Å². The molecule has 0 atom stereocenters. The van der Waals surface area contributed by atoms with E-state index in [-0.39, 0.29) is 5.56 Å². The summed E-state index contributed by atoms with van der Waals surface area (Å²) in [5.41, 5.74) is 13.3. The number of carboxylic acid groups (broad SMARTS) is 1. The number of nitrogens with one attached hydrogen (secondary N) is 1. The Morgan fingerprint density at radius 1 is 0.586 bits per heavy atom. The van der Waals surface area contributed by atoms with Crippen LogP contribution in [-0.4, -0.2) is 39.4 Å². The molecule has 1 saturated carbocycles. The van der Waals surface area contributed by atoms with E-state index in [1.807, 2.05) is 133 Å². The van der Waals surface area contributed by atoms with Crippen LogP contribution in [0.25, 0.3) is 22.3 Å². The molecule has 0 heterocycles. The summed E-state index contributed by atoms with van der Waals surface area (Å²) in [4.78, 5) is 11.6. The van der Waals surface area contributed by atoms with Crippen molar-refractivity contribution in [2.45, 2.75) is 71.0 Å². The van der Waals surface area contributed by atoms with Crippen molar-refractivity contribution in [2.75, 3.05) is 19.5 Å². The first kappa shape index (κ1) is 50.8. The Morgan fingerprint density at radius 2 is 1.06 bits per heavy atom. The van der Waals surface area contributed by atoms with Crippen LogP contribution in [0.4, 0.5) is 5.69 Å². The molecule has 1 aliphatic rings. The lowest BCUT2D eigenvalue weighted by molar-refractivity contribution is 0.0697. The third kappa shape index (κ3) is 15.0. The summed E-state index contributed by atoms with van der Waals surface area (Å²) in [6, 6.07) is 48.5. The summed E-state index contributed by atoms with van der Waals surface area (Å²) in [6.45, 7) is 7.52. The zero-order valence-electron chi connectivity index (χ0n) is 40.2. The first-order valence-electron chi connectivity index (χ1n) is 23.3. The molecule has 0 saturated heterocycles. The maximum absolute atomic E-state index is 11.6. The fraction of sp³-hybridized carbons (Fsp3) is 0.217. The molecule has 356 valence electrons. The number of halogens is 2. The maximum atomic E-state index is 11.6. The molecule has 0 radical (unpaired) electrons. The monoisotopic (exact) mass is 985 g/mol. The number of rotatable bonds is 13. The van der Waals surface area contributed by atoms with Crippen LogP contribution < -0.4 is 24.3 Å². The van der Waals surface area contributed by atoms with Gasteiger partial charge in [-0.05, 0) is 150 Å². The summed E-state index contributed by atoms with van der Waals surface area (Å²) in [5.74, 6) is 11.8. The van der Waals surface area contributed by atoms with Crippen LogP contribution in [0.5, 0.6) is 23.0 Å². The van der Waals surface area contributed by atoms with Gasteiger partial charge in [-0.15, -0.1) is 5.54 Å². The third-order valence-electron chi connectivity index (χ3n) is 11.6. The van der Waals surface area contributed by atoms with E-state index in [1.54, 1.807) is 26.4 Å². The highest BCUT2D eigenvalue weighted by Crippen LogP contribution is 2.32. The molecular formula is C60H57Cl2NO6Si. The summed E-state index contributed by atoms with van der Waals surface area (Å²) in [7, 11) is 1.94. The van der Waals surface area contributed by atoms with Crippen LogP contribution in [-0.2, 0) is 13.2 Å². The van der Waals surface area contributed by atoms with E-state index in [9.17, 15) is 9.90 Å². The normalized spacial score (nSPS) is 12.2. The molecule has 10 heteroatoms. The molecule has 7 aromatic carbocycles. The van der Waals surface area contributed by atoms with Crippen molar-refractivity contribution >= 4 is 42.9 Å². The summed E-state index contributed by atoms with van der Waals surface area (Å²) in [6.07, 6.45) is 5.92. The Hall–Kier alpha value is -7.07. The van der Waals surface area contributed by atoms with Crippen molar-refractivity contribution in [3.63, 3.8) is 0 Å². The molecule has 7 nitrogen and oxygen atoms in total. The van der Waals surface area contributed by atoms with Crippen LogP contribution in [0.1, 0.15) is 70.3 Å². The number of aromatic carboxylic acids is 1. The molecule has 0 aliphatic heterocycles. The molecule has 7 aromatic rings. The van der Waals surface area contributed by atoms with E-state index in [1.165, 1.54) is 19.3 Å². The standard InChI is InChI=1S/C35H32ClNO4.C25H25ClO2Si/c1-40-32-18-19-33(25-11-14-29(36)15-12-25)28(22-32)23-41-31-16-8-24(9-17-31)7-10-26-21-27(35(38)39)13-20-34(26)37-30-5-3-2-4-6-30;1-27-24-13-14-25(20-7-9-22(26)10-8-20)21(17-24)18-28-23-11-5-19(6-12-23)15-16-29(2,3)4/h8-9,11-22,30,37H,2-6,23H2,1H3,(H,38,39);5-14,17H,18H2,1-4H3. The van der Waals surface area contributed by atoms with Crippen molar-refractivity contribution < 1.29 is 28.8 Å². The highest BCUT2D eigenvalue weighted by Gasteiger charge is 2.16. The Kier molecular flexibility index (Phi) is 17.8. The molecule has 0 unspecified atom stereocenters. The Morgan fingerprint density at radius 3 is 1.51 bits per heavy atom. The van der Waals surface area contributed by atoms with E-state index in [4.69, 9.17) is 42.1 Å². The zero-order chi connectivity index (χ0) is 49.5. The molecule has 0 aromatic heterocycles. The van der Waals surface area contributed by atoms with Gasteiger partial charge in [-0.3, -0.25) is 0 Å².